The van der Waals surface area contributed by atoms with Gasteiger partial charge < -0.3 is 0 Å². The molecule has 0 atom stereocenters. The van der Waals surface area contributed by atoms with E-state index in [2.05, 4.69) is 27.7 Å². The molecular formula is C14H20O. The standard InChI is InChI=1S/C14H20O/c1-5-11-8-6-7-9-12(11)13(15)10-14(2,3)4/h6-9H,5,10H2,1-4H3. The van der Waals surface area contributed by atoms with Crippen LogP contribution in [0, 0.1) is 5.41 Å². The summed E-state index contributed by atoms with van der Waals surface area (Å²) in [5, 5.41) is 0. The van der Waals surface area contributed by atoms with Crippen LogP contribution < -0.4 is 0 Å². The number of rotatable bonds is 3. The van der Waals surface area contributed by atoms with Crippen molar-refractivity contribution in [3.63, 3.8) is 0 Å². The molecule has 1 aromatic rings. The smallest absolute Gasteiger partial charge is 0.163 e. The molecule has 0 radical (unpaired) electrons. The third-order valence-electron chi connectivity index (χ3n) is 2.39. The molecule has 1 heteroatoms. The third kappa shape index (κ3) is 3.50. The van der Waals surface area contributed by atoms with Crippen molar-refractivity contribution in [3.8, 4) is 0 Å². The average molecular weight is 204 g/mol. The first-order valence-electron chi connectivity index (χ1n) is 5.55. The van der Waals surface area contributed by atoms with Crippen LogP contribution in [0.4, 0.5) is 0 Å². The molecule has 0 aliphatic rings. The maximum absolute atomic E-state index is 12.0. The number of ketones is 1. The monoisotopic (exact) mass is 204 g/mol. The van der Waals surface area contributed by atoms with Gasteiger partial charge >= 0.3 is 0 Å². The summed E-state index contributed by atoms with van der Waals surface area (Å²) in [4.78, 5) is 12.0. The Balaban J connectivity index is 2.91. The van der Waals surface area contributed by atoms with Gasteiger partial charge in [-0.3, -0.25) is 4.79 Å². The highest BCUT2D eigenvalue weighted by atomic mass is 16.1. The zero-order chi connectivity index (χ0) is 11.5. The summed E-state index contributed by atoms with van der Waals surface area (Å²) in [5.41, 5.74) is 2.12. The topological polar surface area (TPSA) is 17.1 Å². The van der Waals surface area contributed by atoms with E-state index in [1.54, 1.807) is 0 Å². The van der Waals surface area contributed by atoms with Crippen molar-refractivity contribution in [2.24, 2.45) is 5.41 Å². The van der Waals surface area contributed by atoms with E-state index in [1.165, 1.54) is 0 Å². The molecule has 0 saturated heterocycles. The van der Waals surface area contributed by atoms with Crippen LogP contribution in [0.5, 0.6) is 0 Å². The highest BCUT2D eigenvalue weighted by molar-refractivity contribution is 5.97. The predicted molar refractivity (Wildman–Crippen MR) is 64.2 cm³/mol. The van der Waals surface area contributed by atoms with Crippen molar-refractivity contribution in [2.75, 3.05) is 0 Å². The minimum absolute atomic E-state index is 0.0674. The molecule has 0 heterocycles. The van der Waals surface area contributed by atoms with Crippen LogP contribution in [-0.2, 0) is 6.42 Å². The lowest BCUT2D eigenvalue weighted by Gasteiger charge is -2.17. The van der Waals surface area contributed by atoms with E-state index in [-0.39, 0.29) is 11.2 Å². The maximum Gasteiger partial charge on any atom is 0.163 e. The highest BCUT2D eigenvalue weighted by Gasteiger charge is 2.18. The predicted octanol–water partition coefficient (Wildman–Crippen LogP) is 3.87. The first kappa shape index (κ1) is 12.0. The Morgan fingerprint density at radius 3 is 2.33 bits per heavy atom. The van der Waals surface area contributed by atoms with Crippen molar-refractivity contribution >= 4 is 5.78 Å². The van der Waals surface area contributed by atoms with Gasteiger partial charge in [0.15, 0.2) is 5.78 Å². The first-order chi connectivity index (χ1) is 6.94. The van der Waals surface area contributed by atoms with E-state index in [0.29, 0.717) is 6.42 Å². The Morgan fingerprint density at radius 2 is 1.80 bits per heavy atom. The van der Waals surface area contributed by atoms with E-state index >= 15 is 0 Å². The molecule has 0 aliphatic carbocycles. The van der Waals surface area contributed by atoms with Crippen LogP contribution in [0.1, 0.15) is 50.0 Å². The summed E-state index contributed by atoms with van der Waals surface area (Å²) in [6.45, 7) is 8.38. The summed E-state index contributed by atoms with van der Waals surface area (Å²) in [6, 6.07) is 7.91. The fraction of sp³-hybridized carbons (Fsp3) is 0.500. The molecule has 0 spiro atoms. The molecule has 0 N–H and O–H groups in total. The zero-order valence-electron chi connectivity index (χ0n) is 10.1. The largest absolute Gasteiger partial charge is 0.294 e. The second-order valence-electron chi connectivity index (χ2n) is 5.17. The average Bonchev–Trinajstić information content (AvgIpc) is 2.15. The van der Waals surface area contributed by atoms with Gasteiger partial charge in [0.25, 0.3) is 0 Å². The van der Waals surface area contributed by atoms with E-state index < -0.39 is 0 Å². The van der Waals surface area contributed by atoms with E-state index in [9.17, 15) is 4.79 Å². The van der Waals surface area contributed by atoms with Crippen LogP contribution >= 0.6 is 0 Å². The summed E-state index contributed by atoms with van der Waals surface area (Å²) in [6.07, 6.45) is 1.54. The molecule has 0 amide bonds. The molecular weight excluding hydrogens is 184 g/mol. The number of benzene rings is 1. The number of aryl methyl sites for hydroxylation is 1. The number of Topliss-reactive ketones (excluding diaryl/α,β-unsaturated/α-hetero) is 1. The van der Waals surface area contributed by atoms with Crippen molar-refractivity contribution in [3.05, 3.63) is 35.4 Å². The van der Waals surface area contributed by atoms with Crippen molar-refractivity contribution in [2.45, 2.75) is 40.5 Å². The minimum Gasteiger partial charge on any atom is -0.294 e. The Hall–Kier alpha value is -1.11. The van der Waals surface area contributed by atoms with Crippen LogP contribution in [-0.4, -0.2) is 5.78 Å². The number of hydrogen-bond donors (Lipinski definition) is 0. The van der Waals surface area contributed by atoms with Crippen molar-refractivity contribution < 1.29 is 4.79 Å². The van der Waals surface area contributed by atoms with Crippen molar-refractivity contribution in [1.29, 1.82) is 0 Å². The molecule has 0 fully saturated rings. The van der Waals surface area contributed by atoms with Crippen LogP contribution in [0.3, 0.4) is 0 Å². The van der Waals surface area contributed by atoms with Crippen LogP contribution in [0.2, 0.25) is 0 Å². The number of hydrogen-bond acceptors (Lipinski definition) is 1. The minimum atomic E-state index is 0.0674. The maximum atomic E-state index is 12.0. The van der Waals surface area contributed by atoms with E-state index in [4.69, 9.17) is 0 Å². The normalized spacial score (nSPS) is 11.5. The lowest BCUT2D eigenvalue weighted by atomic mass is 9.86. The Labute approximate surface area is 92.5 Å². The lowest BCUT2D eigenvalue weighted by molar-refractivity contribution is 0.0939. The van der Waals surface area contributed by atoms with Gasteiger partial charge in [0.1, 0.15) is 0 Å². The number of carbonyl (C=O) groups excluding carboxylic acids is 1. The fourth-order valence-corrected chi connectivity index (χ4v) is 1.68. The molecule has 15 heavy (non-hydrogen) atoms. The molecule has 1 aromatic carbocycles. The quantitative estimate of drug-likeness (QED) is 0.683. The Bertz CT molecular complexity index is 345. The van der Waals surface area contributed by atoms with Gasteiger partial charge in [0.2, 0.25) is 0 Å². The SMILES string of the molecule is CCc1ccccc1C(=O)CC(C)(C)C. The Kier molecular flexibility index (Phi) is 3.67. The lowest BCUT2D eigenvalue weighted by Crippen LogP contribution is -2.14. The molecule has 82 valence electrons. The second kappa shape index (κ2) is 4.61. The summed E-state index contributed by atoms with van der Waals surface area (Å²) in [5.74, 6) is 0.264. The zero-order valence-corrected chi connectivity index (χ0v) is 10.1. The molecule has 0 bridgehead atoms. The molecule has 0 aliphatic heterocycles. The molecule has 1 rings (SSSR count). The highest BCUT2D eigenvalue weighted by Crippen LogP contribution is 2.23. The van der Waals surface area contributed by atoms with E-state index in [0.717, 1.165) is 17.5 Å². The molecule has 0 aromatic heterocycles. The summed E-state index contributed by atoms with van der Waals surface area (Å²) >= 11 is 0. The first-order valence-corrected chi connectivity index (χ1v) is 5.55. The number of carbonyl (C=O) groups is 1. The summed E-state index contributed by atoms with van der Waals surface area (Å²) in [7, 11) is 0. The van der Waals surface area contributed by atoms with Gasteiger partial charge in [-0.05, 0) is 17.4 Å². The van der Waals surface area contributed by atoms with Gasteiger partial charge in [-0.15, -0.1) is 0 Å². The van der Waals surface area contributed by atoms with Gasteiger partial charge in [-0.25, -0.2) is 0 Å². The van der Waals surface area contributed by atoms with E-state index in [1.807, 2.05) is 24.3 Å². The van der Waals surface area contributed by atoms with Gasteiger partial charge in [-0.1, -0.05) is 52.0 Å². The molecule has 1 nitrogen and oxygen atoms in total. The van der Waals surface area contributed by atoms with Crippen LogP contribution in [0.25, 0.3) is 0 Å². The molecule has 0 unspecified atom stereocenters. The third-order valence-corrected chi connectivity index (χ3v) is 2.39. The van der Waals surface area contributed by atoms with Gasteiger partial charge in [-0.2, -0.15) is 0 Å². The Morgan fingerprint density at radius 1 is 1.20 bits per heavy atom. The summed E-state index contributed by atoms with van der Waals surface area (Å²) < 4.78 is 0. The molecule has 0 saturated carbocycles. The van der Waals surface area contributed by atoms with Gasteiger partial charge in [0, 0.05) is 12.0 Å². The van der Waals surface area contributed by atoms with Gasteiger partial charge in [0.05, 0.1) is 0 Å². The fourth-order valence-electron chi connectivity index (χ4n) is 1.68. The van der Waals surface area contributed by atoms with Crippen molar-refractivity contribution in [1.82, 2.24) is 0 Å². The van der Waals surface area contributed by atoms with Crippen LogP contribution in [0.15, 0.2) is 24.3 Å². The second-order valence-corrected chi connectivity index (χ2v) is 5.17.